The SMILES string of the molecule is CC(C)CCc1nn(C)c(N)c1-c1ccc(Cl)c(Cl)c1. The van der Waals surface area contributed by atoms with E-state index >= 15 is 0 Å². The molecule has 5 heteroatoms. The van der Waals surface area contributed by atoms with Gasteiger partial charge in [0.2, 0.25) is 0 Å². The lowest BCUT2D eigenvalue weighted by Crippen LogP contribution is -1.98. The van der Waals surface area contributed by atoms with Crippen molar-refractivity contribution in [2.45, 2.75) is 26.7 Å². The fourth-order valence-corrected chi connectivity index (χ4v) is 2.46. The molecule has 20 heavy (non-hydrogen) atoms. The summed E-state index contributed by atoms with van der Waals surface area (Å²) < 4.78 is 1.72. The molecule has 0 aliphatic heterocycles. The Bertz CT molecular complexity index is 618. The van der Waals surface area contributed by atoms with E-state index < -0.39 is 0 Å². The van der Waals surface area contributed by atoms with E-state index in [9.17, 15) is 0 Å². The molecule has 0 atom stereocenters. The number of hydrogen-bond acceptors (Lipinski definition) is 2. The third kappa shape index (κ3) is 3.10. The molecular formula is C15H19Cl2N3. The van der Waals surface area contributed by atoms with Crippen molar-refractivity contribution < 1.29 is 0 Å². The fourth-order valence-electron chi connectivity index (χ4n) is 2.16. The van der Waals surface area contributed by atoms with Crippen LogP contribution in [0.1, 0.15) is 26.0 Å². The minimum absolute atomic E-state index is 0.530. The fraction of sp³-hybridized carbons (Fsp3) is 0.400. The molecule has 0 aliphatic rings. The molecule has 0 amide bonds. The second-order valence-corrected chi connectivity index (χ2v) is 6.21. The lowest BCUT2D eigenvalue weighted by atomic mass is 10.00. The van der Waals surface area contributed by atoms with Crippen molar-refractivity contribution >= 4 is 29.0 Å². The molecule has 1 aromatic carbocycles. The molecule has 0 radical (unpaired) electrons. The Morgan fingerprint density at radius 3 is 2.55 bits per heavy atom. The standard InChI is InChI=1S/C15H19Cl2N3/c1-9(2)4-7-13-14(15(18)20(3)19-13)10-5-6-11(16)12(17)8-10/h5-6,8-9H,4,7,18H2,1-3H3. The molecule has 0 saturated carbocycles. The van der Waals surface area contributed by atoms with E-state index in [2.05, 4.69) is 18.9 Å². The Kier molecular flexibility index (Phi) is 4.61. The lowest BCUT2D eigenvalue weighted by Gasteiger charge is -2.07. The van der Waals surface area contributed by atoms with Crippen LogP contribution in [0.5, 0.6) is 0 Å². The Morgan fingerprint density at radius 1 is 1.25 bits per heavy atom. The summed E-state index contributed by atoms with van der Waals surface area (Å²) in [4.78, 5) is 0. The molecule has 0 bridgehead atoms. The van der Waals surface area contributed by atoms with E-state index in [0.717, 1.165) is 29.7 Å². The molecular weight excluding hydrogens is 293 g/mol. The molecule has 1 heterocycles. The minimum atomic E-state index is 0.530. The molecule has 0 unspecified atom stereocenters. The summed E-state index contributed by atoms with van der Waals surface area (Å²) in [5.74, 6) is 1.28. The second-order valence-electron chi connectivity index (χ2n) is 5.39. The van der Waals surface area contributed by atoms with E-state index in [1.165, 1.54) is 0 Å². The molecule has 0 aliphatic carbocycles. The van der Waals surface area contributed by atoms with Crippen molar-refractivity contribution in [2.24, 2.45) is 13.0 Å². The highest BCUT2D eigenvalue weighted by Gasteiger charge is 2.16. The van der Waals surface area contributed by atoms with Crippen molar-refractivity contribution in [3.8, 4) is 11.1 Å². The molecule has 2 rings (SSSR count). The third-order valence-corrected chi connectivity index (χ3v) is 4.07. The normalized spacial score (nSPS) is 11.3. The summed E-state index contributed by atoms with van der Waals surface area (Å²) in [7, 11) is 1.86. The highest BCUT2D eigenvalue weighted by atomic mass is 35.5. The number of nitrogens with zero attached hydrogens (tertiary/aromatic N) is 2. The zero-order chi connectivity index (χ0) is 14.9. The number of nitrogens with two attached hydrogens (primary N) is 1. The average Bonchev–Trinajstić information content (AvgIpc) is 2.66. The summed E-state index contributed by atoms with van der Waals surface area (Å²) in [6.45, 7) is 4.40. The van der Waals surface area contributed by atoms with Gasteiger partial charge in [0.15, 0.2) is 0 Å². The van der Waals surface area contributed by atoms with Crippen LogP contribution in [0.3, 0.4) is 0 Å². The Morgan fingerprint density at radius 2 is 1.95 bits per heavy atom. The van der Waals surface area contributed by atoms with Gasteiger partial charge in [0.1, 0.15) is 5.82 Å². The number of aromatic nitrogens is 2. The minimum Gasteiger partial charge on any atom is -0.383 e. The van der Waals surface area contributed by atoms with Crippen LogP contribution in [0.4, 0.5) is 5.82 Å². The number of nitrogen functional groups attached to an aromatic ring is 1. The topological polar surface area (TPSA) is 43.8 Å². The van der Waals surface area contributed by atoms with Gasteiger partial charge in [-0.05, 0) is 36.5 Å². The van der Waals surface area contributed by atoms with Crippen LogP contribution < -0.4 is 5.73 Å². The molecule has 2 N–H and O–H groups in total. The summed E-state index contributed by atoms with van der Waals surface area (Å²) >= 11 is 12.1. The van der Waals surface area contributed by atoms with Gasteiger partial charge in [-0.15, -0.1) is 0 Å². The first-order valence-electron chi connectivity index (χ1n) is 6.67. The Hall–Kier alpha value is -1.19. The van der Waals surface area contributed by atoms with Crippen LogP contribution in [0.15, 0.2) is 18.2 Å². The Labute approximate surface area is 129 Å². The van der Waals surface area contributed by atoms with Gasteiger partial charge in [0.25, 0.3) is 0 Å². The predicted molar refractivity (Wildman–Crippen MR) is 86.2 cm³/mol. The number of aryl methyl sites for hydroxylation is 2. The maximum absolute atomic E-state index is 6.15. The van der Waals surface area contributed by atoms with Crippen LogP contribution >= 0.6 is 23.2 Å². The van der Waals surface area contributed by atoms with Gasteiger partial charge >= 0.3 is 0 Å². The van der Waals surface area contributed by atoms with Gasteiger partial charge in [0.05, 0.1) is 15.7 Å². The van der Waals surface area contributed by atoms with Crippen molar-refractivity contribution in [1.29, 1.82) is 0 Å². The van der Waals surface area contributed by atoms with Crippen LogP contribution in [0, 0.1) is 5.92 Å². The van der Waals surface area contributed by atoms with Crippen molar-refractivity contribution in [2.75, 3.05) is 5.73 Å². The highest BCUT2D eigenvalue weighted by Crippen LogP contribution is 2.34. The van der Waals surface area contributed by atoms with Crippen LogP contribution in [-0.2, 0) is 13.5 Å². The van der Waals surface area contributed by atoms with Gasteiger partial charge in [-0.25, -0.2) is 0 Å². The lowest BCUT2D eigenvalue weighted by molar-refractivity contribution is 0.577. The quantitative estimate of drug-likeness (QED) is 0.899. The van der Waals surface area contributed by atoms with E-state index in [-0.39, 0.29) is 0 Å². The first-order valence-corrected chi connectivity index (χ1v) is 7.42. The highest BCUT2D eigenvalue weighted by molar-refractivity contribution is 6.42. The van der Waals surface area contributed by atoms with Crippen molar-refractivity contribution in [3.05, 3.63) is 33.9 Å². The summed E-state index contributed by atoms with van der Waals surface area (Å²) in [5, 5.41) is 5.60. The van der Waals surface area contributed by atoms with Crippen molar-refractivity contribution in [3.63, 3.8) is 0 Å². The average molecular weight is 312 g/mol. The van der Waals surface area contributed by atoms with Gasteiger partial charge in [0, 0.05) is 12.6 Å². The van der Waals surface area contributed by atoms with Crippen LogP contribution in [0.25, 0.3) is 11.1 Å². The predicted octanol–water partition coefficient (Wildman–Crippen LogP) is 4.56. The zero-order valence-electron chi connectivity index (χ0n) is 12.0. The van der Waals surface area contributed by atoms with E-state index in [1.807, 2.05) is 19.2 Å². The first kappa shape index (κ1) is 15.2. The van der Waals surface area contributed by atoms with E-state index in [4.69, 9.17) is 28.9 Å². The molecule has 0 saturated heterocycles. The van der Waals surface area contributed by atoms with Crippen LogP contribution in [-0.4, -0.2) is 9.78 Å². The number of benzene rings is 1. The largest absolute Gasteiger partial charge is 0.383 e. The summed E-state index contributed by atoms with van der Waals surface area (Å²) in [6.07, 6.45) is 1.98. The monoisotopic (exact) mass is 311 g/mol. The smallest absolute Gasteiger partial charge is 0.129 e. The summed E-state index contributed by atoms with van der Waals surface area (Å²) in [6, 6.07) is 5.56. The summed E-state index contributed by atoms with van der Waals surface area (Å²) in [5.41, 5.74) is 9.09. The maximum atomic E-state index is 6.15. The molecule has 3 nitrogen and oxygen atoms in total. The van der Waals surface area contributed by atoms with Crippen LogP contribution in [0.2, 0.25) is 10.0 Å². The van der Waals surface area contributed by atoms with Gasteiger partial charge in [-0.1, -0.05) is 43.1 Å². The van der Waals surface area contributed by atoms with Crippen molar-refractivity contribution in [1.82, 2.24) is 9.78 Å². The number of rotatable bonds is 4. The van der Waals surface area contributed by atoms with Gasteiger partial charge in [-0.2, -0.15) is 5.10 Å². The molecule has 0 spiro atoms. The molecule has 1 aromatic heterocycles. The van der Waals surface area contributed by atoms with Gasteiger partial charge < -0.3 is 5.73 Å². The first-order chi connectivity index (χ1) is 9.40. The number of anilines is 1. The zero-order valence-corrected chi connectivity index (χ0v) is 13.5. The molecule has 2 aromatic rings. The second kappa shape index (κ2) is 6.06. The van der Waals surface area contributed by atoms with Gasteiger partial charge in [-0.3, -0.25) is 4.68 Å². The maximum Gasteiger partial charge on any atom is 0.129 e. The Balaban J connectivity index is 2.45. The number of hydrogen-bond donors (Lipinski definition) is 1. The van der Waals surface area contributed by atoms with E-state index in [0.29, 0.717) is 21.8 Å². The molecule has 108 valence electrons. The third-order valence-electron chi connectivity index (χ3n) is 3.33. The molecule has 0 fully saturated rings. The van der Waals surface area contributed by atoms with E-state index in [1.54, 1.807) is 10.7 Å². The number of halogens is 2.